The number of anilines is 1. The second kappa shape index (κ2) is 4.76. The molecular formula is C14H15N3O2. The summed E-state index contributed by atoms with van der Waals surface area (Å²) in [5.41, 5.74) is 2.20. The van der Waals surface area contributed by atoms with E-state index in [1.165, 1.54) is 31.1 Å². The molecule has 2 aromatic rings. The number of carbonyl (C=O) groups is 1. The summed E-state index contributed by atoms with van der Waals surface area (Å²) >= 11 is 0. The van der Waals surface area contributed by atoms with E-state index in [2.05, 4.69) is 22.0 Å². The highest BCUT2D eigenvalue weighted by Gasteiger charge is 2.12. The van der Waals surface area contributed by atoms with Gasteiger partial charge in [0, 0.05) is 30.7 Å². The average molecular weight is 257 g/mol. The summed E-state index contributed by atoms with van der Waals surface area (Å²) in [5, 5.41) is 8.85. The van der Waals surface area contributed by atoms with Gasteiger partial charge in [-0.15, -0.1) is 0 Å². The van der Waals surface area contributed by atoms with E-state index < -0.39 is 5.97 Å². The molecule has 1 aliphatic rings. The third-order valence-corrected chi connectivity index (χ3v) is 3.42. The molecule has 0 aliphatic carbocycles. The lowest BCUT2D eigenvalue weighted by Gasteiger charge is -2.17. The fourth-order valence-corrected chi connectivity index (χ4v) is 2.39. The van der Waals surface area contributed by atoms with Gasteiger partial charge in [-0.1, -0.05) is 0 Å². The van der Waals surface area contributed by atoms with Crippen molar-refractivity contribution in [3.63, 3.8) is 0 Å². The van der Waals surface area contributed by atoms with E-state index in [0.717, 1.165) is 18.8 Å². The van der Waals surface area contributed by atoms with Gasteiger partial charge in [0.15, 0.2) is 5.69 Å². The van der Waals surface area contributed by atoms with Crippen LogP contribution >= 0.6 is 0 Å². The first-order chi connectivity index (χ1) is 9.24. The molecule has 1 fully saturated rings. The summed E-state index contributed by atoms with van der Waals surface area (Å²) in [4.78, 5) is 17.0. The molecule has 1 aliphatic heterocycles. The van der Waals surface area contributed by atoms with Crippen molar-refractivity contribution < 1.29 is 9.90 Å². The molecule has 98 valence electrons. The van der Waals surface area contributed by atoms with Crippen molar-refractivity contribution in [2.24, 2.45) is 0 Å². The third kappa shape index (κ3) is 2.31. The second-order valence-corrected chi connectivity index (χ2v) is 4.68. The van der Waals surface area contributed by atoms with E-state index in [1.807, 2.05) is 12.1 Å². The monoisotopic (exact) mass is 257 g/mol. The Balaban J connectivity index is 1.82. The van der Waals surface area contributed by atoms with Crippen molar-refractivity contribution in [2.75, 3.05) is 18.0 Å². The minimum Gasteiger partial charge on any atom is -0.476 e. The first-order valence-electron chi connectivity index (χ1n) is 6.37. The number of nitrogens with zero attached hydrogens (tertiary/aromatic N) is 3. The molecule has 19 heavy (non-hydrogen) atoms. The van der Waals surface area contributed by atoms with Crippen LogP contribution in [0.3, 0.4) is 0 Å². The lowest BCUT2D eigenvalue weighted by Crippen LogP contribution is -2.17. The van der Waals surface area contributed by atoms with E-state index in [4.69, 9.17) is 5.11 Å². The number of carboxylic acids is 1. The van der Waals surface area contributed by atoms with Crippen LogP contribution in [0.4, 0.5) is 5.69 Å². The standard InChI is InChI=1S/C14H15N3O2/c18-14(19)13-9-17(10-15-13)12-5-3-11(4-6-12)16-7-1-2-8-16/h3-6,9-10H,1-2,7-8H2,(H,18,19). The third-order valence-electron chi connectivity index (χ3n) is 3.42. The van der Waals surface area contributed by atoms with Crippen molar-refractivity contribution >= 4 is 11.7 Å². The van der Waals surface area contributed by atoms with E-state index >= 15 is 0 Å². The summed E-state index contributed by atoms with van der Waals surface area (Å²) in [6.45, 7) is 2.24. The molecular weight excluding hydrogens is 242 g/mol. The van der Waals surface area contributed by atoms with Gasteiger partial charge in [-0.25, -0.2) is 9.78 Å². The van der Waals surface area contributed by atoms with Crippen molar-refractivity contribution in [1.82, 2.24) is 9.55 Å². The molecule has 0 atom stereocenters. The Labute approximate surface area is 111 Å². The highest BCUT2D eigenvalue weighted by Crippen LogP contribution is 2.21. The maximum Gasteiger partial charge on any atom is 0.356 e. The number of benzene rings is 1. The highest BCUT2D eigenvalue weighted by molar-refractivity contribution is 5.85. The minimum atomic E-state index is -1.01. The Bertz CT molecular complexity index is 583. The van der Waals surface area contributed by atoms with E-state index in [1.54, 1.807) is 4.57 Å². The molecule has 1 aromatic carbocycles. The predicted octanol–water partition coefficient (Wildman–Crippen LogP) is 2.17. The molecule has 2 heterocycles. The van der Waals surface area contributed by atoms with Crippen LogP contribution < -0.4 is 4.90 Å². The lowest BCUT2D eigenvalue weighted by atomic mass is 10.2. The zero-order chi connectivity index (χ0) is 13.2. The van der Waals surface area contributed by atoms with Gasteiger partial charge < -0.3 is 14.6 Å². The lowest BCUT2D eigenvalue weighted by molar-refractivity contribution is 0.0691. The van der Waals surface area contributed by atoms with Gasteiger partial charge in [0.25, 0.3) is 0 Å². The minimum absolute atomic E-state index is 0.0589. The van der Waals surface area contributed by atoms with Gasteiger partial charge in [-0.05, 0) is 37.1 Å². The Morgan fingerprint density at radius 1 is 1.11 bits per heavy atom. The van der Waals surface area contributed by atoms with Crippen LogP contribution in [0, 0.1) is 0 Å². The quantitative estimate of drug-likeness (QED) is 0.915. The van der Waals surface area contributed by atoms with Gasteiger partial charge in [-0.2, -0.15) is 0 Å². The molecule has 0 amide bonds. The number of carboxylic acid groups (broad SMARTS) is 1. The molecule has 1 saturated heterocycles. The van der Waals surface area contributed by atoms with Crippen LogP contribution in [0.25, 0.3) is 5.69 Å². The molecule has 0 bridgehead atoms. The summed E-state index contributed by atoms with van der Waals surface area (Å²) in [5.74, 6) is -1.01. The maximum absolute atomic E-state index is 10.8. The van der Waals surface area contributed by atoms with E-state index in [-0.39, 0.29) is 5.69 Å². The van der Waals surface area contributed by atoms with Crippen LogP contribution in [0.15, 0.2) is 36.8 Å². The smallest absolute Gasteiger partial charge is 0.356 e. The number of hydrogen-bond acceptors (Lipinski definition) is 3. The summed E-state index contributed by atoms with van der Waals surface area (Å²) in [6, 6.07) is 8.12. The fraction of sp³-hybridized carbons (Fsp3) is 0.286. The SMILES string of the molecule is O=C(O)c1cn(-c2ccc(N3CCCC3)cc2)cn1. The summed E-state index contributed by atoms with van der Waals surface area (Å²) in [7, 11) is 0. The zero-order valence-corrected chi connectivity index (χ0v) is 10.5. The topological polar surface area (TPSA) is 58.4 Å². The predicted molar refractivity (Wildman–Crippen MR) is 72.0 cm³/mol. The number of imidazole rings is 1. The van der Waals surface area contributed by atoms with Gasteiger partial charge in [0.2, 0.25) is 0 Å². The second-order valence-electron chi connectivity index (χ2n) is 4.68. The van der Waals surface area contributed by atoms with Crippen LogP contribution in [0.5, 0.6) is 0 Å². The van der Waals surface area contributed by atoms with Crippen LogP contribution in [0.1, 0.15) is 23.3 Å². The highest BCUT2D eigenvalue weighted by atomic mass is 16.4. The molecule has 0 unspecified atom stereocenters. The van der Waals surface area contributed by atoms with Gasteiger partial charge in [-0.3, -0.25) is 0 Å². The van der Waals surface area contributed by atoms with Crippen molar-refractivity contribution in [3.05, 3.63) is 42.5 Å². The molecule has 3 rings (SSSR count). The number of aromatic carboxylic acids is 1. The van der Waals surface area contributed by atoms with Crippen LogP contribution in [0.2, 0.25) is 0 Å². The molecule has 1 N–H and O–H groups in total. The molecule has 5 nitrogen and oxygen atoms in total. The molecule has 0 spiro atoms. The Morgan fingerprint density at radius 3 is 2.32 bits per heavy atom. The molecule has 0 saturated carbocycles. The normalized spacial score (nSPS) is 14.8. The van der Waals surface area contributed by atoms with Crippen molar-refractivity contribution in [2.45, 2.75) is 12.8 Å². The summed E-state index contributed by atoms with van der Waals surface area (Å²) < 4.78 is 1.72. The van der Waals surface area contributed by atoms with Gasteiger partial charge in [0.1, 0.15) is 6.33 Å². The zero-order valence-electron chi connectivity index (χ0n) is 10.5. The maximum atomic E-state index is 10.8. The molecule has 1 aromatic heterocycles. The first kappa shape index (κ1) is 11.8. The van der Waals surface area contributed by atoms with E-state index in [9.17, 15) is 4.79 Å². The van der Waals surface area contributed by atoms with Crippen molar-refractivity contribution in [1.29, 1.82) is 0 Å². The molecule has 5 heteroatoms. The Hall–Kier alpha value is -2.30. The Morgan fingerprint density at radius 2 is 1.74 bits per heavy atom. The van der Waals surface area contributed by atoms with Gasteiger partial charge in [0.05, 0.1) is 0 Å². The van der Waals surface area contributed by atoms with Crippen molar-refractivity contribution in [3.8, 4) is 5.69 Å². The van der Waals surface area contributed by atoms with E-state index in [0.29, 0.717) is 0 Å². The fourth-order valence-electron chi connectivity index (χ4n) is 2.39. The largest absolute Gasteiger partial charge is 0.476 e. The van der Waals surface area contributed by atoms with Gasteiger partial charge >= 0.3 is 5.97 Å². The molecule has 0 radical (unpaired) electrons. The average Bonchev–Trinajstić information content (AvgIpc) is 3.11. The Kier molecular flexibility index (Phi) is 2.95. The number of rotatable bonds is 3. The number of hydrogen-bond donors (Lipinski definition) is 1. The summed E-state index contributed by atoms with van der Waals surface area (Å²) in [6.07, 6.45) is 5.55. The van der Waals surface area contributed by atoms with Crippen LogP contribution in [-0.2, 0) is 0 Å². The number of aromatic nitrogens is 2. The first-order valence-corrected chi connectivity index (χ1v) is 6.37. The van der Waals surface area contributed by atoms with Crippen LogP contribution in [-0.4, -0.2) is 33.7 Å².